The molecule has 0 bridgehead atoms. The van der Waals surface area contributed by atoms with E-state index in [1.807, 2.05) is 35.3 Å². The van der Waals surface area contributed by atoms with E-state index in [2.05, 4.69) is 259 Å². The summed E-state index contributed by atoms with van der Waals surface area (Å²) in [6.45, 7) is -0.149. The molecule has 4 heterocycles. The Bertz CT molecular complexity index is 3990. The minimum atomic E-state index is -0.0606. The van der Waals surface area contributed by atoms with Crippen LogP contribution in [0.2, 0.25) is 0 Å². The predicted molar refractivity (Wildman–Crippen MR) is 317 cm³/mol. The van der Waals surface area contributed by atoms with E-state index in [9.17, 15) is 0 Å². The molecule has 0 saturated heterocycles. The zero-order valence-corrected chi connectivity index (χ0v) is 42.1. The van der Waals surface area contributed by atoms with E-state index >= 15 is 0 Å². The van der Waals surface area contributed by atoms with Crippen LogP contribution in [0.4, 0.5) is 0 Å². The van der Waals surface area contributed by atoms with Gasteiger partial charge in [-0.2, -0.15) is 0 Å². The lowest BCUT2D eigenvalue weighted by Gasteiger charge is -2.40. The molecule has 0 unspecified atom stereocenters. The largest absolute Gasteiger partial charge is 0.309 e. The second-order valence-electron chi connectivity index (χ2n) is 19.3. The van der Waals surface area contributed by atoms with Gasteiger partial charge in [-0.05, 0) is 81.1 Å². The average Bonchev–Trinajstić information content (AvgIpc) is 3.83. The van der Waals surface area contributed by atoms with Crippen LogP contribution in [0, 0.1) is 0 Å². The summed E-state index contributed by atoms with van der Waals surface area (Å²) in [4.78, 5) is 8.11. The molecule has 0 atom stereocenters. The Hall–Kier alpha value is -7.54. The first-order valence-corrected chi connectivity index (χ1v) is 27.6. The third kappa shape index (κ3) is 6.86. The summed E-state index contributed by atoms with van der Waals surface area (Å²) >= 11 is 5.99. The fourth-order valence-electron chi connectivity index (χ4n) is 12.4. The number of hydrogen-bond acceptors (Lipinski definition) is 3. The van der Waals surface area contributed by atoms with Crippen molar-refractivity contribution in [3.63, 3.8) is 0 Å². The summed E-state index contributed by atoms with van der Waals surface area (Å²) < 4.78 is 2.48. The number of hydrogen-bond donors (Lipinski definition) is 0. The van der Waals surface area contributed by atoms with Gasteiger partial charge in [0.15, 0.2) is 0 Å². The van der Waals surface area contributed by atoms with Gasteiger partial charge in [-0.15, -0.1) is 0 Å². The average molecular weight is 978 g/mol. The standard InChI is InChI=1S/C66H42B3NS3/c1-3-22-43(23-4-1)47-28-7-11-32-51(47)68-54-35-14-19-40-59(54)72-65-61-64(62-66(63(65)68)73-60-41-20-15-36-55(60)69(62)52-33-12-8-29-48(52)44-24-5-2-6-25-44)71-58-39-18-13-34-53(58)67(61)45-26-21-27-46(42-45)70-56-37-16-9-30-49(56)50-31-10-17-38-57(50)70/h1-42H. The molecule has 3 aliphatic heterocycles. The van der Waals surface area contributed by atoms with Crippen LogP contribution in [0.25, 0.3) is 49.7 Å². The van der Waals surface area contributed by atoms with Crippen LogP contribution in [0.3, 0.4) is 0 Å². The van der Waals surface area contributed by atoms with E-state index in [4.69, 9.17) is 0 Å². The highest BCUT2D eigenvalue weighted by Gasteiger charge is 2.47. The quantitative estimate of drug-likeness (QED) is 0.153. The molecule has 0 aliphatic carbocycles. The SMILES string of the molecule is c1ccc(-c2ccccc2B2c3ccccc3Sc3c2c2c(c4c3B(c3ccccc3-c3ccccc3)c3ccccc3S4)B(c3cccc(-n4c5ccccc5c5ccccc54)c3)c3ccccc3S2)cc1. The predicted octanol–water partition coefficient (Wildman–Crippen LogP) is 11.1. The molecule has 0 fully saturated rings. The molecule has 338 valence electrons. The number of nitrogens with zero attached hydrogens (tertiary/aromatic N) is 1. The molecule has 7 heteroatoms. The Morgan fingerprint density at radius 3 is 1.14 bits per heavy atom. The van der Waals surface area contributed by atoms with E-state index in [0.717, 1.165) is 0 Å². The van der Waals surface area contributed by atoms with Crippen molar-refractivity contribution >= 4 is 126 Å². The molecule has 0 saturated carbocycles. The van der Waals surface area contributed by atoms with Gasteiger partial charge in [0.05, 0.1) is 11.0 Å². The minimum Gasteiger partial charge on any atom is -0.309 e. The number of para-hydroxylation sites is 2. The topological polar surface area (TPSA) is 4.93 Å². The van der Waals surface area contributed by atoms with Gasteiger partial charge in [-0.25, -0.2) is 0 Å². The van der Waals surface area contributed by atoms with Crippen LogP contribution in [0.15, 0.2) is 284 Å². The maximum atomic E-state index is 2.50. The lowest BCUT2D eigenvalue weighted by Crippen LogP contribution is -2.67. The highest BCUT2D eigenvalue weighted by Crippen LogP contribution is 2.43. The van der Waals surface area contributed by atoms with Gasteiger partial charge in [0.2, 0.25) is 20.1 Å². The third-order valence-corrected chi connectivity index (χ3v) is 19.1. The molecule has 0 N–H and O–H groups in total. The Kier molecular flexibility index (Phi) is 10.4. The van der Waals surface area contributed by atoms with E-state index in [0.29, 0.717) is 0 Å². The second-order valence-corrected chi connectivity index (χ2v) is 22.5. The number of aromatic nitrogens is 1. The van der Waals surface area contributed by atoms with Gasteiger partial charge < -0.3 is 4.57 Å². The van der Waals surface area contributed by atoms with E-state index in [1.165, 1.54) is 128 Å². The van der Waals surface area contributed by atoms with Crippen molar-refractivity contribution in [3.05, 3.63) is 255 Å². The molecule has 11 aromatic carbocycles. The first-order valence-electron chi connectivity index (χ1n) is 25.2. The van der Waals surface area contributed by atoms with Gasteiger partial charge in [0.1, 0.15) is 0 Å². The highest BCUT2D eigenvalue weighted by atomic mass is 32.2. The van der Waals surface area contributed by atoms with Gasteiger partial charge >= 0.3 is 0 Å². The smallest absolute Gasteiger partial charge is 0.246 e. The van der Waals surface area contributed by atoms with Crippen LogP contribution in [0.5, 0.6) is 0 Å². The Morgan fingerprint density at radius 1 is 0.288 bits per heavy atom. The Labute approximate surface area is 440 Å². The monoisotopic (exact) mass is 977 g/mol. The fourth-order valence-corrected chi connectivity index (χ4v) is 16.6. The Balaban J connectivity index is 1.08. The van der Waals surface area contributed by atoms with Crippen LogP contribution in [0.1, 0.15) is 0 Å². The third-order valence-electron chi connectivity index (χ3n) is 15.4. The molecule has 12 aromatic rings. The van der Waals surface area contributed by atoms with Crippen molar-refractivity contribution in [1.82, 2.24) is 4.57 Å². The molecular formula is C66H42B3NS3. The fraction of sp³-hybridized carbons (Fsp3) is 0. The van der Waals surface area contributed by atoms with Crippen molar-refractivity contribution in [3.8, 4) is 27.9 Å². The summed E-state index contributed by atoms with van der Waals surface area (Å²) in [5.41, 5.74) is 20.9. The summed E-state index contributed by atoms with van der Waals surface area (Å²) in [6, 6.07) is 95.6. The maximum Gasteiger partial charge on any atom is 0.246 e. The maximum absolute atomic E-state index is 2.50. The molecule has 1 nitrogen and oxygen atoms in total. The van der Waals surface area contributed by atoms with Crippen molar-refractivity contribution in [2.24, 2.45) is 0 Å². The molecule has 73 heavy (non-hydrogen) atoms. The van der Waals surface area contributed by atoms with Gasteiger partial charge in [0, 0.05) is 45.8 Å². The number of benzene rings is 11. The van der Waals surface area contributed by atoms with Crippen LogP contribution < -0.4 is 49.2 Å². The zero-order valence-electron chi connectivity index (χ0n) is 39.7. The normalized spacial score (nSPS) is 13.2. The zero-order chi connectivity index (χ0) is 48.0. The molecule has 3 aliphatic rings. The highest BCUT2D eigenvalue weighted by molar-refractivity contribution is 8.02. The molecule has 1 aromatic heterocycles. The minimum absolute atomic E-state index is 0.0440. The lowest BCUT2D eigenvalue weighted by molar-refractivity contribution is 1.18. The number of rotatable bonds is 6. The van der Waals surface area contributed by atoms with E-state index in [1.54, 1.807) is 0 Å². The van der Waals surface area contributed by atoms with Crippen LogP contribution in [-0.2, 0) is 0 Å². The van der Waals surface area contributed by atoms with Gasteiger partial charge in [-0.3, -0.25) is 0 Å². The molecular weight excluding hydrogens is 935 g/mol. The van der Waals surface area contributed by atoms with E-state index in [-0.39, 0.29) is 20.1 Å². The summed E-state index contributed by atoms with van der Waals surface area (Å²) in [5.74, 6) is 0. The lowest BCUT2D eigenvalue weighted by atomic mass is 9.29. The second kappa shape index (κ2) is 17.6. The summed E-state index contributed by atoms with van der Waals surface area (Å²) in [6.07, 6.45) is 0. The summed E-state index contributed by atoms with van der Waals surface area (Å²) in [7, 11) is 0. The van der Waals surface area contributed by atoms with Crippen molar-refractivity contribution in [2.75, 3.05) is 0 Å². The van der Waals surface area contributed by atoms with Crippen molar-refractivity contribution < 1.29 is 0 Å². The molecule has 0 radical (unpaired) electrons. The van der Waals surface area contributed by atoms with E-state index < -0.39 is 0 Å². The number of fused-ring (bicyclic) bond motifs is 12. The first-order chi connectivity index (χ1) is 36.3. The first kappa shape index (κ1) is 43.1. The van der Waals surface area contributed by atoms with Crippen molar-refractivity contribution in [1.29, 1.82) is 0 Å². The Morgan fingerprint density at radius 2 is 0.658 bits per heavy atom. The van der Waals surface area contributed by atoms with Crippen molar-refractivity contribution in [2.45, 2.75) is 29.4 Å². The summed E-state index contributed by atoms with van der Waals surface area (Å²) in [5, 5.41) is 2.54. The molecule has 0 spiro atoms. The van der Waals surface area contributed by atoms with Gasteiger partial charge in [0.25, 0.3) is 0 Å². The van der Waals surface area contributed by atoms with Crippen LogP contribution >= 0.6 is 35.3 Å². The molecule has 0 amide bonds. The molecule has 15 rings (SSSR count). The van der Waals surface area contributed by atoms with Crippen LogP contribution in [-0.4, -0.2) is 24.7 Å². The van der Waals surface area contributed by atoms with Gasteiger partial charge in [-0.1, -0.05) is 280 Å².